The number of nitrogens with zero attached hydrogens (tertiary/aromatic N) is 1. The first-order valence-corrected chi connectivity index (χ1v) is 13.5. The molecule has 7 heteroatoms. The Kier molecular flexibility index (Phi) is 11.0. The number of ether oxygens (including phenoxy) is 1. The number of aromatic nitrogens is 1. The molecule has 3 rings (SSSR count). The SMILES string of the molecule is CCC(C)CCCCCCCCCCOc1ccc(-c2cc3cc(CC(F)(F)F)cnc3oc2=O)cc1. The summed E-state index contributed by atoms with van der Waals surface area (Å²) >= 11 is 0. The van der Waals surface area contributed by atoms with Gasteiger partial charge in [-0.3, -0.25) is 0 Å². The predicted molar refractivity (Wildman–Crippen MR) is 142 cm³/mol. The number of alkyl halides is 3. The van der Waals surface area contributed by atoms with Gasteiger partial charge in [-0.1, -0.05) is 83.8 Å². The van der Waals surface area contributed by atoms with Crippen molar-refractivity contribution in [2.75, 3.05) is 6.61 Å². The monoisotopic (exact) mass is 517 g/mol. The average molecular weight is 518 g/mol. The van der Waals surface area contributed by atoms with E-state index in [0.29, 0.717) is 23.3 Å². The Balaban J connectivity index is 1.42. The topological polar surface area (TPSA) is 52.3 Å². The molecule has 0 fully saturated rings. The maximum atomic E-state index is 12.7. The van der Waals surface area contributed by atoms with Gasteiger partial charge in [-0.05, 0) is 47.7 Å². The summed E-state index contributed by atoms with van der Waals surface area (Å²) in [5.41, 5.74) is 0.313. The highest BCUT2D eigenvalue weighted by Crippen LogP contribution is 2.26. The van der Waals surface area contributed by atoms with Crippen LogP contribution in [0, 0.1) is 5.92 Å². The van der Waals surface area contributed by atoms with Crippen LogP contribution in [-0.4, -0.2) is 17.8 Å². The van der Waals surface area contributed by atoms with Gasteiger partial charge in [-0.2, -0.15) is 13.2 Å². The summed E-state index contributed by atoms with van der Waals surface area (Å²) in [7, 11) is 0. The van der Waals surface area contributed by atoms with Crippen molar-refractivity contribution in [3.8, 4) is 16.9 Å². The quantitative estimate of drug-likeness (QED) is 0.189. The fourth-order valence-electron chi connectivity index (χ4n) is 4.37. The number of pyridine rings is 1. The van der Waals surface area contributed by atoms with Crippen molar-refractivity contribution in [1.82, 2.24) is 4.98 Å². The summed E-state index contributed by atoms with van der Waals surface area (Å²) in [6.45, 7) is 5.23. The lowest BCUT2D eigenvalue weighted by Gasteiger charge is -2.09. The van der Waals surface area contributed by atoms with Crippen LogP contribution in [0.15, 0.2) is 51.8 Å². The lowest BCUT2D eigenvalue weighted by atomic mass is 10.00. The summed E-state index contributed by atoms with van der Waals surface area (Å²) in [6.07, 6.45) is 8.29. The Morgan fingerprint density at radius 1 is 0.946 bits per heavy atom. The van der Waals surface area contributed by atoms with Crippen LogP contribution in [0.4, 0.5) is 13.2 Å². The smallest absolute Gasteiger partial charge is 0.393 e. The number of benzene rings is 1. The van der Waals surface area contributed by atoms with Crippen molar-refractivity contribution in [2.24, 2.45) is 5.92 Å². The Labute approximate surface area is 217 Å². The fourth-order valence-corrected chi connectivity index (χ4v) is 4.37. The van der Waals surface area contributed by atoms with Crippen molar-refractivity contribution >= 4 is 11.1 Å². The number of fused-ring (bicyclic) bond motifs is 1. The molecule has 202 valence electrons. The second kappa shape index (κ2) is 14.2. The van der Waals surface area contributed by atoms with Crippen molar-refractivity contribution in [2.45, 2.75) is 90.7 Å². The molecule has 0 spiro atoms. The van der Waals surface area contributed by atoms with Crippen LogP contribution in [0.1, 0.15) is 83.6 Å². The Hall–Kier alpha value is -2.83. The molecule has 2 aromatic heterocycles. The van der Waals surface area contributed by atoms with E-state index in [1.54, 1.807) is 24.3 Å². The van der Waals surface area contributed by atoms with E-state index in [1.807, 2.05) is 0 Å². The molecular formula is C30H38F3NO3. The maximum Gasteiger partial charge on any atom is 0.393 e. The summed E-state index contributed by atoms with van der Waals surface area (Å²) < 4.78 is 49.2. The highest BCUT2D eigenvalue weighted by Gasteiger charge is 2.28. The molecule has 0 bridgehead atoms. The van der Waals surface area contributed by atoms with Crippen LogP contribution in [0.25, 0.3) is 22.2 Å². The molecule has 0 aliphatic carbocycles. The standard InChI is InChI=1S/C30H38F3NO3/c1-3-22(2)12-10-8-6-4-5-7-9-11-17-36-26-15-13-24(14-16-26)27-19-25-18-23(20-30(31,32)33)21-34-28(25)37-29(27)35/h13-16,18-19,21-22H,3-12,17,20H2,1-2H3. The molecule has 2 heterocycles. The highest BCUT2D eigenvalue weighted by atomic mass is 19.4. The Bertz CT molecular complexity index is 1160. The first-order chi connectivity index (χ1) is 17.7. The zero-order valence-electron chi connectivity index (χ0n) is 21.9. The number of hydrogen-bond donors (Lipinski definition) is 0. The summed E-state index contributed by atoms with van der Waals surface area (Å²) in [5.74, 6) is 1.57. The van der Waals surface area contributed by atoms with Gasteiger partial charge in [0, 0.05) is 11.6 Å². The number of rotatable bonds is 15. The van der Waals surface area contributed by atoms with Gasteiger partial charge in [0.15, 0.2) is 0 Å². The van der Waals surface area contributed by atoms with Gasteiger partial charge < -0.3 is 9.15 Å². The van der Waals surface area contributed by atoms with E-state index >= 15 is 0 Å². The van der Waals surface area contributed by atoms with Crippen molar-refractivity contribution in [3.05, 3.63) is 58.6 Å². The van der Waals surface area contributed by atoms with Crippen molar-refractivity contribution in [1.29, 1.82) is 0 Å². The van der Waals surface area contributed by atoms with E-state index < -0.39 is 18.2 Å². The zero-order chi connectivity index (χ0) is 26.7. The van der Waals surface area contributed by atoms with Gasteiger partial charge in [-0.25, -0.2) is 9.78 Å². The highest BCUT2D eigenvalue weighted by molar-refractivity contribution is 5.79. The molecule has 4 nitrogen and oxygen atoms in total. The zero-order valence-corrected chi connectivity index (χ0v) is 21.9. The molecule has 3 aromatic rings. The number of unbranched alkanes of at least 4 members (excludes halogenated alkanes) is 7. The van der Waals surface area contributed by atoms with E-state index in [-0.39, 0.29) is 16.8 Å². The molecule has 0 amide bonds. The molecule has 37 heavy (non-hydrogen) atoms. The average Bonchev–Trinajstić information content (AvgIpc) is 2.86. The molecule has 0 saturated carbocycles. The van der Waals surface area contributed by atoms with Crippen molar-refractivity contribution < 1.29 is 22.3 Å². The van der Waals surface area contributed by atoms with Crippen LogP contribution in [0.2, 0.25) is 0 Å². The van der Waals surface area contributed by atoms with Crippen LogP contribution < -0.4 is 10.4 Å². The van der Waals surface area contributed by atoms with Crippen LogP contribution >= 0.6 is 0 Å². The first kappa shape index (κ1) is 28.7. The summed E-state index contributed by atoms with van der Waals surface area (Å²) in [6, 6.07) is 9.96. The largest absolute Gasteiger partial charge is 0.494 e. The molecule has 0 saturated heterocycles. The maximum absolute atomic E-state index is 12.7. The third-order valence-electron chi connectivity index (χ3n) is 6.77. The number of halogens is 3. The fraction of sp³-hybridized carbons (Fsp3) is 0.533. The molecule has 0 N–H and O–H groups in total. The minimum Gasteiger partial charge on any atom is -0.494 e. The molecule has 0 radical (unpaired) electrons. The lowest BCUT2D eigenvalue weighted by molar-refractivity contribution is -0.127. The van der Waals surface area contributed by atoms with Crippen LogP contribution in [0.5, 0.6) is 5.75 Å². The molecule has 0 aliphatic rings. The summed E-state index contributed by atoms with van der Waals surface area (Å²) in [4.78, 5) is 16.3. The first-order valence-electron chi connectivity index (χ1n) is 13.5. The van der Waals surface area contributed by atoms with Crippen molar-refractivity contribution in [3.63, 3.8) is 0 Å². The second-order valence-corrected chi connectivity index (χ2v) is 9.98. The van der Waals surface area contributed by atoms with Gasteiger partial charge in [0.25, 0.3) is 0 Å². The molecule has 0 aliphatic heterocycles. The minimum absolute atomic E-state index is 0.0145. The van der Waals surface area contributed by atoms with E-state index in [1.165, 1.54) is 63.5 Å². The van der Waals surface area contributed by atoms with E-state index in [9.17, 15) is 18.0 Å². The van der Waals surface area contributed by atoms with Gasteiger partial charge >= 0.3 is 11.8 Å². The molecule has 1 unspecified atom stereocenters. The van der Waals surface area contributed by atoms with Crippen LogP contribution in [0.3, 0.4) is 0 Å². The van der Waals surface area contributed by atoms with Gasteiger partial charge in [0.2, 0.25) is 5.71 Å². The third kappa shape index (κ3) is 9.86. The minimum atomic E-state index is -4.34. The van der Waals surface area contributed by atoms with E-state index in [4.69, 9.17) is 9.15 Å². The van der Waals surface area contributed by atoms with Gasteiger partial charge in [-0.15, -0.1) is 0 Å². The summed E-state index contributed by atoms with van der Waals surface area (Å²) in [5, 5.41) is 0.350. The molecule has 1 aromatic carbocycles. The molecular weight excluding hydrogens is 479 g/mol. The molecule has 1 atom stereocenters. The van der Waals surface area contributed by atoms with Gasteiger partial charge in [0.1, 0.15) is 5.75 Å². The van der Waals surface area contributed by atoms with E-state index in [2.05, 4.69) is 18.8 Å². The van der Waals surface area contributed by atoms with E-state index in [0.717, 1.165) is 25.0 Å². The normalized spacial score (nSPS) is 12.7. The number of hydrogen-bond acceptors (Lipinski definition) is 4. The Morgan fingerprint density at radius 3 is 2.24 bits per heavy atom. The second-order valence-electron chi connectivity index (χ2n) is 9.98. The lowest BCUT2D eigenvalue weighted by Crippen LogP contribution is -2.12. The third-order valence-corrected chi connectivity index (χ3v) is 6.77. The Morgan fingerprint density at radius 2 is 1.59 bits per heavy atom. The van der Waals surface area contributed by atoms with Gasteiger partial charge in [0.05, 0.1) is 18.6 Å². The predicted octanol–water partition coefficient (Wildman–Crippen LogP) is 8.90. The van der Waals surface area contributed by atoms with Crippen LogP contribution in [-0.2, 0) is 6.42 Å².